The largest absolute Gasteiger partial charge is 0.396 e. The van der Waals surface area contributed by atoms with Gasteiger partial charge in [0.1, 0.15) is 0 Å². The van der Waals surface area contributed by atoms with Crippen LogP contribution in [-0.2, 0) is 0 Å². The molecule has 0 aromatic rings. The van der Waals surface area contributed by atoms with Crippen LogP contribution >= 0.6 is 24.8 Å². The van der Waals surface area contributed by atoms with Gasteiger partial charge in [-0.3, -0.25) is 0 Å². The minimum atomic E-state index is -4.17. The molecule has 2 saturated heterocycles. The smallest absolute Gasteiger partial charge is 0.393 e. The van der Waals surface area contributed by atoms with Gasteiger partial charge in [-0.2, -0.15) is 26.3 Å². The first kappa shape index (κ1) is 26.2. The molecule has 0 saturated carbocycles. The summed E-state index contributed by atoms with van der Waals surface area (Å²) >= 11 is 0. The monoisotopic (exact) mass is 410 g/mol. The summed E-state index contributed by atoms with van der Waals surface area (Å²) in [4.78, 5) is 0. The average molecular weight is 411 g/mol. The number of alkyl halides is 6. The first-order valence-corrected chi connectivity index (χ1v) is 6.87. The van der Waals surface area contributed by atoms with Crippen LogP contribution in [-0.4, -0.2) is 62.0 Å². The molecule has 0 radical (unpaired) electrons. The highest BCUT2D eigenvalue weighted by atomic mass is 35.5. The second kappa shape index (κ2) is 10.9. The van der Waals surface area contributed by atoms with Crippen molar-refractivity contribution in [3.63, 3.8) is 0 Å². The Morgan fingerprint density at radius 1 is 0.667 bits per heavy atom. The van der Waals surface area contributed by atoms with Gasteiger partial charge in [0.15, 0.2) is 0 Å². The Kier molecular flexibility index (Phi) is 11.9. The molecule has 0 aromatic carbocycles. The van der Waals surface area contributed by atoms with Crippen LogP contribution in [0.1, 0.15) is 0 Å². The standard InChI is InChI=1S/2C6H10F3NO.2ClH/c2*7-6(8,9)5-2-10-1-4(5)3-11;;/h2*4-5,10-11H,1-3H2;2*1H/t2*4-,5+;;/m10../s1. The molecular weight excluding hydrogens is 389 g/mol. The zero-order valence-electron chi connectivity index (χ0n) is 12.5. The minimum Gasteiger partial charge on any atom is -0.396 e. The van der Waals surface area contributed by atoms with Gasteiger partial charge < -0.3 is 20.8 Å². The van der Waals surface area contributed by atoms with Crippen LogP contribution in [0.2, 0.25) is 0 Å². The Morgan fingerprint density at radius 3 is 1.12 bits per heavy atom. The van der Waals surface area contributed by atoms with E-state index in [2.05, 4.69) is 10.6 Å². The van der Waals surface area contributed by atoms with E-state index < -0.39 is 49.2 Å². The lowest BCUT2D eigenvalue weighted by Gasteiger charge is -2.18. The summed E-state index contributed by atoms with van der Waals surface area (Å²) in [6.07, 6.45) is -8.34. The zero-order valence-corrected chi connectivity index (χ0v) is 14.2. The predicted octanol–water partition coefficient (Wildman–Crippen LogP) is 1.60. The molecule has 0 unspecified atom stereocenters. The maximum Gasteiger partial charge on any atom is 0.393 e. The van der Waals surface area contributed by atoms with Crippen LogP contribution in [0.4, 0.5) is 26.3 Å². The average Bonchev–Trinajstić information content (AvgIpc) is 3.06. The van der Waals surface area contributed by atoms with Crippen molar-refractivity contribution in [2.24, 2.45) is 23.7 Å². The fourth-order valence-electron chi connectivity index (χ4n) is 2.62. The van der Waals surface area contributed by atoms with Gasteiger partial charge in [-0.1, -0.05) is 0 Å². The number of aliphatic hydroxyl groups excluding tert-OH is 2. The quantitative estimate of drug-likeness (QED) is 0.522. The third-order valence-electron chi connectivity index (χ3n) is 3.99. The van der Waals surface area contributed by atoms with E-state index in [1.807, 2.05) is 0 Å². The lowest BCUT2D eigenvalue weighted by atomic mass is 9.97. The summed E-state index contributed by atoms with van der Waals surface area (Å²) in [5, 5.41) is 22.3. The summed E-state index contributed by atoms with van der Waals surface area (Å²) < 4.78 is 72.3. The summed E-state index contributed by atoms with van der Waals surface area (Å²) in [6, 6.07) is 0. The highest BCUT2D eigenvalue weighted by Crippen LogP contribution is 2.34. The number of aliphatic hydroxyl groups is 2. The lowest BCUT2D eigenvalue weighted by Crippen LogP contribution is -2.31. The van der Waals surface area contributed by atoms with Gasteiger partial charge >= 0.3 is 12.4 Å². The van der Waals surface area contributed by atoms with E-state index in [4.69, 9.17) is 10.2 Å². The highest BCUT2D eigenvalue weighted by molar-refractivity contribution is 5.85. The van der Waals surface area contributed by atoms with Crippen molar-refractivity contribution in [3.8, 4) is 0 Å². The topological polar surface area (TPSA) is 64.5 Å². The molecule has 2 fully saturated rings. The van der Waals surface area contributed by atoms with E-state index in [1.165, 1.54) is 0 Å². The number of nitrogens with one attached hydrogen (secondary N) is 2. The van der Waals surface area contributed by atoms with Crippen molar-refractivity contribution in [2.45, 2.75) is 12.4 Å². The maximum atomic E-state index is 12.0. The van der Waals surface area contributed by atoms with Crippen molar-refractivity contribution in [3.05, 3.63) is 0 Å². The van der Waals surface area contributed by atoms with E-state index in [1.54, 1.807) is 0 Å². The first-order chi connectivity index (χ1) is 10.1. The Bertz CT molecular complexity index is 314. The molecule has 0 aromatic heterocycles. The van der Waals surface area contributed by atoms with Gasteiger partial charge in [0.05, 0.1) is 11.8 Å². The first-order valence-electron chi connectivity index (χ1n) is 6.87. The lowest BCUT2D eigenvalue weighted by molar-refractivity contribution is -0.182. The molecule has 2 aliphatic heterocycles. The summed E-state index contributed by atoms with van der Waals surface area (Å²) in [6.45, 7) is -0.376. The van der Waals surface area contributed by atoms with Crippen molar-refractivity contribution in [2.75, 3.05) is 39.4 Å². The van der Waals surface area contributed by atoms with Gasteiger partial charge in [0.2, 0.25) is 0 Å². The molecule has 0 aliphatic carbocycles. The maximum absolute atomic E-state index is 12.0. The van der Waals surface area contributed by atoms with E-state index in [0.717, 1.165) is 0 Å². The van der Waals surface area contributed by atoms with Gasteiger partial charge in [-0.05, 0) is 0 Å². The molecule has 12 heteroatoms. The third kappa shape index (κ3) is 7.49. The molecular formula is C12H22Cl2F6N2O2. The summed E-state index contributed by atoms with van der Waals surface area (Å²) in [5.74, 6) is -4.05. The van der Waals surface area contributed by atoms with Crippen LogP contribution in [0.3, 0.4) is 0 Å². The number of hydrogen-bond acceptors (Lipinski definition) is 4. The molecule has 0 bridgehead atoms. The molecule has 148 valence electrons. The molecule has 0 amide bonds. The SMILES string of the molecule is Cl.Cl.OC[C@@H]1CNC[C@H]1C(F)(F)F.OC[C@H]1CNC[C@@H]1C(F)(F)F. The van der Waals surface area contributed by atoms with Gasteiger partial charge in [-0.15, -0.1) is 24.8 Å². The fourth-order valence-corrected chi connectivity index (χ4v) is 2.62. The van der Waals surface area contributed by atoms with Crippen LogP contribution in [0, 0.1) is 23.7 Å². The summed E-state index contributed by atoms with van der Waals surface area (Å²) in [5.41, 5.74) is 0. The summed E-state index contributed by atoms with van der Waals surface area (Å²) in [7, 11) is 0. The zero-order chi connectivity index (χ0) is 17.0. The van der Waals surface area contributed by atoms with Crippen molar-refractivity contribution in [1.29, 1.82) is 0 Å². The Morgan fingerprint density at radius 2 is 0.958 bits per heavy atom. The third-order valence-corrected chi connectivity index (χ3v) is 3.99. The van der Waals surface area contributed by atoms with E-state index in [9.17, 15) is 26.3 Å². The second-order valence-corrected chi connectivity index (χ2v) is 5.50. The normalized spacial score (nSPS) is 30.0. The van der Waals surface area contributed by atoms with Crippen LogP contribution in [0.15, 0.2) is 0 Å². The van der Waals surface area contributed by atoms with Crippen LogP contribution in [0.5, 0.6) is 0 Å². The Hall–Kier alpha value is -0.000000000000000111. The van der Waals surface area contributed by atoms with Crippen molar-refractivity contribution in [1.82, 2.24) is 10.6 Å². The minimum absolute atomic E-state index is 0. The van der Waals surface area contributed by atoms with Gasteiger partial charge in [0.25, 0.3) is 0 Å². The predicted molar refractivity (Wildman–Crippen MR) is 80.5 cm³/mol. The molecule has 4 atom stereocenters. The number of rotatable bonds is 2. The number of halogens is 8. The molecule has 0 spiro atoms. The highest BCUT2D eigenvalue weighted by Gasteiger charge is 2.47. The van der Waals surface area contributed by atoms with Crippen LogP contribution < -0.4 is 10.6 Å². The number of hydrogen-bond donors (Lipinski definition) is 4. The van der Waals surface area contributed by atoms with Crippen molar-refractivity contribution >= 4 is 24.8 Å². The second-order valence-electron chi connectivity index (χ2n) is 5.50. The van der Waals surface area contributed by atoms with Gasteiger partial charge in [0, 0.05) is 51.2 Å². The van der Waals surface area contributed by atoms with Gasteiger partial charge in [-0.25, -0.2) is 0 Å². The molecule has 2 rings (SSSR count). The van der Waals surface area contributed by atoms with E-state index >= 15 is 0 Å². The fraction of sp³-hybridized carbons (Fsp3) is 1.00. The molecule has 4 N–H and O–H groups in total. The van der Waals surface area contributed by atoms with E-state index in [0.29, 0.717) is 0 Å². The Balaban J connectivity index is 0. The van der Waals surface area contributed by atoms with E-state index in [-0.39, 0.29) is 51.0 Å². The Labute approximate surface area is 148 Å². The molecule has 4 nitrogen and oxygen atoms in total. The van der Waals surface area contributed by atoms with Crippen molar-refractivity contribution < 1.29 is 36.6 Å². The van der Waals surface area contributed by atoms with Crippen LogP contribution in [0.25, 0.3) is 0 Å². The molecule has 24 heavy (non-hydrogen) atoms. The molecule has 2 heterocycles. The molecule has 2 aliphatic rings.